The van der Waals surface area contributed by atoms with Crippen LogP contribution >= 0.6 is 15.9 Å². The number of primary amides is 1. The number of halogens is 1. The first-order valence-electron chi connectivity index (χ1n) is 5.30. The predicted octanol–water partition coefficient (Wildman–Crippen LogP) is 0.921. The maximum atomic E-state index is 11.6. The molecule has 0 aromatic carbocycles. The van der Waals surface area contributed by atoms with Crippen molar-refractivity contribution in [2.45, 2.75) is 6.42 Å². The Morgan fingerprint density at radius 1 is 1.53 bits per heavy atom. The SMILES string of the molecule is C#CCOCCC(=O)Nc1cncc(Br)c1C(N)=O. The van der Waals surface area contributed by atoms with Crippen LogP contribution in [0, 0.1) is 12.3 Å². The van der Waals surface area contributed by atoms with Gasteiger partial charge in [0.2, 0.25) is 5.91 Å². The normalized spacial score (nSPS) is 9.68. The number of nitrogens with one attached hydrogen (secondary N) is 1. The summed E-state index contributed by atoms with van der Waals surface area (Å²) in [7, 11) is 0. The number of hydrogen-bond acceptors (Lipinski definition) is 4. The number of anilines is 1. The fourth-order valence-electron chi connectivity index (χ4n) is 1.29. The van der Waals surface area contributed by atoms with Gasteiger partial charge in [0.1, 0.15) is 6.61 Å². The summed E-state index contributed by atoms with van der Waals surface area (Å²) < 4.78 is 5.40. The molecule has 1 rings (SSSR count). The molecule has 1 heterocycles. The summed E-state index contributed by atoms with van der Waals surface area (Å²) in [6, 6.07) is 0. The van der Waals surface area contributed by atoms with Gasteiger partial charge >= 0.3 is 0 Å². The Labute approximate surface area is 118 Å². The van der Waals surface area contributed by atoms with Gasteiger partial charge in [-0.15, -0.1) is 6.42 Å². The highest BCUT2D eigenvalue weighted by Crippen LogP contribution is 2.22. The summed E-state index contributed by atoms with van der Waals surface area (Å²) in [5, 5.41) is 2.55. The molecule has 19 heavy (non-hydrogen) atoms. The van der Waals surface area contributed by atoms with Crippen LogP contribution in [-0.2, 0) is 9.53 Å². The zero-order valence-corrected chi connectivity index (χ0v) is 11.6. The largest absolute Gasteiger partial charge is 0.368 e. The van der Waals surface area contributed by atoms with Gasteiger partial charge in [-0.1, -0.05) is 5.92 Å². The minimum atomic E-state index is -0.659. The standard InChI is InChI=1S/C12H12BrN3O3/c1-2-4-19-5-3-10(17)16-9-7-15-6-8(13)11(9)12(14)18/h1,6-7H,3-5H2,(H2,14,18)(H,16,17). The van der Waals surface area contributed by atoms with Gasteiger partial charge in [0.25, 0.3) is 5.91 Å². The van der Waals surface area contributed by atoms with E-state index in [0.29, 0.717) is 4.47 Å². The van der Waals surface area contributed by atoms with E-state index in [1.807, 2.05) is 0 Å². The van der Waals surface area contributed by atoms with Gasteiger partial charge < -0.3 is 15.8 Å². The quantitative estimate of drug-likeness (QED) is 0.600. The lowest BCUT2D eigenvalue weighted by Crippen LogP contribution is -2.20. The Morgan fingerprint density at radius 3 is 2.89 bits per heavy atom. The number of amides is 2. The van der Waals surface area contributed by atoms with Gasteiger partial charge in [-0.2, -0.15) is 0 Å². The average Bonchev–Trinajstić information content (AvgIpc) is 2.34. The zero-order chi connectivity index (χ0) is 14.3. The first-order chi connectivity index (χ1) is 9.06. The first-order valence-corrected chi connectivity index (χ1v) is 6.10. The second-order valence-electron chi connectivity index (χ2n) is 3.46. The Hall–Kier alpha value is -1.91. The smallest absolute Gasteiger partial charge is 0.252 e. The van der Waals surface area contributed by atoms with Crippen LogP contribution in [0.3, 0.4) is 0 Å². The molecule has 0 saturated heterocycles. The highest BCUT2D eigenvalue weighted by molar-refractivity contribution is 9.10. The molecule has 0 unspecified atom stereocenters. The van der Waals surface area contributed by atoms with Crippen LogP contribution in [0.5, 0.6) is 0 Å². The molecule has 0 bridgehead atoms. The number of hydrogen-bond donors (Lipinski definition) is 2. The van der Waals surface area contributed by atoms with Crippen molar-refractivity contribution in [3.8, 4) is 12.3 Å². The van der Waals surface area contributed by atoms with Crippen molar-refractivity contribution in [3.05, 3.63) is 22.4 Å². The van der Waals surface area contributed by atoms with Gasteiger partial charge in [0.05, 0.1) is 34.9 Å². The van der Waals surface area contributed by atoms with Gasteiger partial charge in [-0.05, 0) is 15.9 Å². The van der Waals surface area contributed by atoms with Crippen molar-refractivity contribution in [2.75, 3.05) is 18.5 Å². The van der Waals surface area contributed by atoms with Crippen LogP contribution in [0.15, 0.2) is 16.9 Å². The summed E-state index contributed by atoms with van der Waals surface area (Å²) in [5.74, 6) is 1.31. The van der Waals surface area contributed by atoms with Crippen molar-refractivity contribution >= 4 is 33.4 Å². The zero-order valence-electron chi connectivity index (χ0n) is 9.98. The highest BCUT2D eigenvalue weighted by atomic mass is 79.9. The second kappa shape index (κ2) is 7.51. The second-order valence-corrected chi connectivity index (χ2v) is 4.32. The van der Waals surface area contributed by atoms with E-state index in [4.69, 9.17) is 16.9 Å². The predicted molar refractivity (Wildman–Crippen MR) is 73.4 cm³/mol. The molecule has 7 heteroatoms. The van der Waals surface area contributed by atoms with Crippen molar-refractivity contribution in [3.63, 3.8) is 0 Å². The molecule has 2 amide bonds. The van der Waals surface area contributed by atoms with Crippen LogP contribution in [0.25, 0.3) is 0 Å². The van der Waals surface area contributed by atoms with E-state index in [1.165, 1.54) is 12.4 Å². The third kappa shape index (κ3) is 4.69. The lowest BCUT2D eigenvalue weighted by atomic mass is 10.2. The Bertz CT molecular complexity index is 525. The number of nitrogens with zero attached hydrogens (tertiary/aromatic N) is 1. The van der Waals surface area contributed by atoms with Crippen LogP contribution in [0.1, 0.15) is 16.8 Å². The van der Waals surface area contributed by atoms with E-state index in [9.17, 15) is 9.59 Å². The maximum absolute atomic E-state index is 11.6. The Morgan fingerprint density at radius 2 is 2.26 bits per heavy atom. The van der Waals surface area contributed by atoms with Gasteiger partial charge in [-0.3, -0.25) is 14.6 Å². The van der Waals surface area contributed by atoms with Crippen molar-refractivity contribution in [1.29, 1.82) is 0 Å². The topological polar surface area (TPSA) is 94.3 Å². The molecule has 0 radical (unpaired) electrons. The third-order valence-electron chi connectivity index (χ3n) is 2.08. The molecule has 0 saturated carbocycles. The lowest BCUT2D eigenvalue weighted by molar-refractivity contribution is -0.117. The van der Waals surface area contributed by atoms with Crippen molar-refractivity contribution in [1.82, 2.24) is 4.98 Å². The number of nitrogens with two attached hydrogens (primary N) is 1. The lowest BCUT2D eigenvalue weighted by Gasteiger charge is -2.09. The summed E-state index contributed by atoms with van der Waals surface area (Å²) >= 11 is 3.15. The number of aromatic nitrogens is 1. The van der Waals surface area contributed by atoms with E-state index >= 15 is 0 Å². The molecular formula is C12H12BrN3O3. The van der Waals surface area contributed by atoms with E-state index in [0.717, 1.165) is 0 Å². The molecule has 0 aliphatic carbocycles. The average molecular weight is 326 g/mol. The summed E-state index contributed by atoms with van der Waals surface area (Å²) in [4.78, 5) is 26.8. The minimum Gasteiger partial charge on any atom is -0.368 e. The molecule has 1 aromatic heterocycles. The van der Waals surface area contributed by atoms with Gasteiger partial charge in [0, 0.05) is 6.20 Å². The molecule has 6 nitrogen and oxygen atoms in total. The van der Waals surface area contributed by atoms with Crippen LogP contribution < -0.4 is 11.1 Å². The first kappa shape index (κ1) is 15.1. The molecule has 0 aliphatic rings. The number of carbonyl (C=O) groups excluding carboxylic acids is 2. The number of carbonyl (C=O) groups is 2. The van der Waals surface area contributed by atoms with E-state index < -0.39 is 5.91 Å². The highest BCUT2D eigenvalue weighted by Gasteiger charge is 2.14. The van der Waals surface area contributed by atoms with E-state index in [-0.39, 0.29) is 36.8 Å². The monoisotopic (exact) mass is 325 g/mol. The van der Waals surface area contributed by atoms with Crippen LogP contribution in [-0.4, -0.2) is 30.0 Å². The molecular weight excluding hydrogens is 314 g/mol. The Kier molecular flexibility index (Phi) is 5.99. The molecule has 1 aromatic rings. The van der Waals surface area contributed by atoms with E-state index in [1.54, 1.807) is 0 Å². The van der Waals surface area contributed by atoms with Gasteiger partial charge in [0.15, 0.2) is 0 Å². The van der Waals surface area contributed by atoms with Crippen molar-refractivity contribution < 1.29 is 14.3 Å². The summed E-state index contributed by atoms with van der Waals surface area (Å²) in [6.45, 7) is 0.349. The minimum absolute atomic E-state index is 0.117. The molecule has 100 valence electrons. The summed E-state index contributed by atoms with van der Waals surface area (Å²) in [5.41, 5.74) is 5.66. The number of ether oxygens (including phenoxy) is 1. The summed E-state index contributed by atoms with van der Waals surface area (Å²) in [6.07, 6.45) is 7.89. The molecule has 0 spiro atoms. The third-order valence-corrected chi connectivity index (χ3v) is 2.68. The molecule has 3 N–H and O–H groups in total. The van der Waals surface area contributed by atoms with Crippen molar-refractivity contribution in [2.24, 2.45) is 5.73 Å². The molecule has 0 atom stereocenters. The van der Waals surface area contributed by atoms with Gasteiger partial charge in [-0.25, -0.2) is 0 Å². The Balaban J connectivity index is 2.67. The number of terminal acetylenes is 1. The van der Waals surface area contributed by atoms with Crippen LogP contribution in [0.4, 0.5) is 5.69 Å². The number of rotatable bonds is 6. The van der Waals surface area contributed by atoms with Crippen LogP contribution in [0.2, 0.25) is 0 Å². The van der Waals surface area contributed by atoms with E-state index in [2.05, 4.69) is 32.2 Å². The fraction of sp³-hybridized carbons (Fsp3) is 0.250. The molecule has 0 aliphatic heterocycles. The molecule has 0 fully saturated rings. The fourth-order valence-corrected chi connectivity index (χ4v) is 1.82. The number of pyridine rings is 1. The maximum Gasteiger partial charge on any atom is 0.252 e.